The molecule has 1 N–H and O–H groups in total. The number of nitrogens with zero attached hydrogens (tertiary/aromatic N) is 3. The normalized spacial score (nSPS) is 11.9. The minimum atomic E-state index is -0.449. The summed E-state index contributed by atoms with van der Waals surface area (Å²) in [6.45, 7) is 2.79. The summed E-state index contributed by atoms with van der Waals surface area (Å²) < 4.78 is 2.73. The molecule has 1 unspecified atom stereocenters. The van der Waals surface area contributed by atoms with E-state index in [9.17, 15) is 5.26 Å². The molecule has 0 saturated heterocycles. The van der Waals surface area contributed by atoms with Crippen LogP contribution in [-0.4, -0.2) is 9.55 Å². The quantitative estimate of drug-likeness (QED) is 0.916. The Morgan fingerprint density at radius 1 is 1.58 bits per heavy atom. The van der Waals surface area contributed by atoms with Crippen molar-refractivity contribution in [2.75, 3.05) is 5.32 Å². The van der Waals surface area contributed by atoms with Gasteiger partial charge in [0.25, 0.3) is 0 Å². The van der Waals surface area contributed by atoms with Crippen molar-refractivity contribution in [2.24, 2.45) is 0 Å². The topological polar surface area (TPSA) is 53.6 Å². The van der Waals surface area contributed by atoms with Crippen molar-refractivity contribution >= 4 is 33.2 Å². The molecule has 1 atom stereocenters. The fourth-order valence-electron chi connectivity index (χ4n) is 1.76. The summed E-state index contributed by atoms with van der Waals surface area (Å²) in [4.78, 5) is 4.08. The second kappa shape index (κ2) is 6.09. The molecule has 0 radical (unpaired) electrons. The van der Waals surface area contributed by atoms with Crippen LogP contribution in [0.2, 0.25) is 5.02 Å². The lowest BCUT2D eigenvalue weighted by Crippen LogP contribution is -2.13. The highest BCUT2D eigenvalue weighted by Gasteiger charge is 2.15. The standard InChI is InChI=1S/C13H12BrClN4/c1-2-19-8-17-7-13(19)12(6-16)18-9-3-4-11(15)10(14)5-9/h3-5,7-8,12,18H,2H2,1H3. The maximum absolute atomic E-state index is 9.31. The molecule has 1 aromatic carbocycles. The molecule has 0 aliphatic carbocycles. The van der Waals surface area contributed by atoms with Crippen LogP contribution in [0.25, 0.3) is 0 Å². The van der Waals surface area contributed by atoms with Crippen LogP contribution in [0.1, 0.15) is 18.7 Å². The van der Waals surface area contributed by atoms with Gasteiger partial charge in [-0.05, 0) is 41.1 Å². The number of hydrogen-bond acceptors (Lipinski definition) is 3. The van der Waals surface area contributed by atoms with E-state index in [0.29, 0.717) is 5.02 Å². The first-order valence-corrected chi connectivity index (χ1v) is 6.94. The van der Waals surface area contributed by atoms with Gasteiger partial charge in [-0.1, -0.05) is 11.6 Å². The Labute approximate surface area is 125 Å². The van der Waals surface area contributed by atoms with Gasteiger partial charge >= 0.3 is 0 Å². The van der Waals surface area contributed by atoms with Gasteiger partial charge in [-0.15, -0.1) is 0 Å². The highest BCUT2D eigenvalue weighted by Crippen LogP contribution is 2.27. The summed E-state index contributed by atoms with van der Waals surface area (Å²) in [6, 6.07) is 7.25. The van der Waals surface area contributed by atoms with Gasteiger partial charge in [0.15, 0.2) is 6.04 Å². The molecular formula is C13H12BrClN4. The van der Waals surface area contributed by atoms with Crippen LogP contribution in [-0.2, 0) is 6.54 Å². The van der Waals surface area contributed by atoms with E-state index in [1.807, 2.05) is 23.6 Å². The Morgan fingerprint density at radius 3 is 3.00 bits per heavy atom. The van der Waals surface area contributed by atoms with Crippen molar-refractivity contribution < 1.29 is 0 Å². The van der Waals surface area contributed by atoms with Crippen molar-refractivity contribution in [1.82, 2.24) is 9.55 Å². The summed E-state index contributed by atoms with van der Waals surface area (Å²) in [5.74, 6) is 0. The highest BCUT2D eigenvalue weighted by atomic mass is 79.9. The Morgan fingerprint density at radius 2 is 2.37 bits per heavy atom. The van der Waals surface area contributed by atoms with Crippen LogP contribution < -0.4 is 5.32 Å². The molecule has 0 spiro atoms. The zero-order valence-electron chi connectivity index (χ0n) is 10.3. The molecule has 1 aromatic heterocycles. The van der Waals surface area contributed by atoms with E-state index in [1.54, 1.807) is 18.6 Å². The predicted molar refractivity (Wildman–Crippen MR) is 79.0 cm³/mol. The van der Waals surface area contributed by atoms with Crippen LogP contribution in [0.5, 0.6) is 0 Å². The summed E-state index contributed by atoms with van der Waals surface area (Å²) >= 11 is 9.31. The maximum Gasteiger partial charge on any atom is 0.156 e. The maximum atomic E-state index is 9.31. The molecule has 0 bridgehead atoms. The van der Waals surface area contributed by atoms with E-state index in [2.05, 4.69) is 32.3 Å². The smallest absolute Gasteiger partial charge is 0.156 e. The molecule has 19 heavy (non-hydrogen) atoms. The monoisotopic (exact) mass is 338 g/mol. The minimum Gasteiger partial charge on any atom is -0.365 e. The molecule has 0 amide bonds. The second-order valence-electron chi connectivity index (χ2n) is 3.94. The molecule has 0 fully saturated rings. The number of aromatic nitrogens is 2. The molecule has 0 aliphatic rings. The average Bonchev–Trinajstić information content (AvgIpc) is 2.88. The largest absolute Gasteiger partial charge is 0.365 e. The number of anilines is 1. The minimum absolute atomic E-state index is 0.449. The number of nitrogens with one attached hydrogen (secondary N) is 1. The highest BCUT2D eigenvalue weighted by molar-refractivity contribution is 9.10. The molecule has 6 heteroatoms. The SMILES string of the molecule is CCn1cncc1C(C#N)Nc1ccc(Cl)c(Br)c1. The van der Waals surface area contributed by atoms with Crippen molar-refractivity contribution in [3.63, 3.8) is 0 Å². The number of nitriles is 1. The van der Waals surface area contributed by atoms with Crippen molar-refractivity contribution in [1.29, 1.82) is 5.26 Å². The lowest BCUT2D eigenvalue weighted by atomic mass is 10.2. The van der Waals surface area contributed by atoms with E-state index in [-0.39, 0.29) is 0 Å². The van der Waals surface area contributed by atoms with E-state index in [1.165, 1.54) is 0 Å². The molecule has 0 aliphatic heterocycles. The van der Waals surface area contributed by atoms with Gasteiger partial charge in [0.1, 0.15) is 0 Å². The zero-order valence-corrected chi connectivity index (χ0v) is 12.6. The van der Waals surface area contributed by atoms with E-state index < -0.39 is 6.04 Å². The summed E-state index contributed by atoms with van der Waals surface area (Å²) in [5, 5.41) is 13.1. The first-order valence-electron chi connectivity index (χ1n) is 5.77. The van der Waals surface area contributed by atoms with Gasteiger partial charge in [-0.25, -0.2) is 4.98 Å². The van der Waals surface area contributed by atoms with Crippen molar-refractivity contribution in [3.05, 3.63) is 45.9 Å². The second-order valence-corrected chi connectivity index (χ2v) is 5.20. The Kier molecular flexibility index (Phi) is 4.46. The first-order chi connectivity index (χ1) is 9.15. The van der Waals surface area contributed by atoms with Crippen LogP contribution in [0.15, 0.2) is 35.2 Å². The fourth-order valence-corrected chi connectivity index (χ4v) is 2.26. The fraction of sp³-hybridized carbons (Fsp3) is 0.231. The first kappa shape index (κ1) is 13.9. The number of aryl methyl sites for hydroxylation is 1. The molecule has 2 rings (SSSR count). The Balaban J connectivity index is 2.25. The number of hydrogen-bond donors (Lipinski definition) is 1. The van der Waals surface area contributed by atoms with Crippen molar-refractivity contribution in [3.8, 4) is 6.07 Å². The number of rotatable bonds is 4. The lowest BCUT2D eigenvalue weighted by molar-refractivity contribution is 0.701. The van der Waals surface area contributed by atoms with Crippen molar-refractivity contribution in [2.45, 2.75) is 19.5 Å². The van der Waals surface area contributed by atoms with Crippen LogP contribution >= 0.6 is 27.5 Å². The molecule has 4 nitrogen and oxygen atoms in total. The van der Waals surface area contributed by atoms with E-state index >= 15 is 0 Å². The molecule has 98 valence electrons. The van der Waals surface area contributed by atoms with Gasteiger partial charge in [-0.3, -0.25) is 0 Å². The molecule has 0 saturated carbocycles. The zero-order chi connectivity index (χ0) is 13.8. The predicted octanol–water partition coefficient (Wildman–Crippen LogP) is 4.00. The number of halogens is 2. The molecular weight excluding hydrogens is 328 g/mol. The third-order valence-corrected chi connectivity index (χ3v) is 3.95. The average molecular weight is 340 g/mol. The van der Waals surface area contributed by atoms with Gasteiger partial charge in [0, 0.05) is 16.7 Å². The third-order valence-electron chi connectivity index (χ3n) is 2.74. The molecule has 2 aromatic rings. The number of imidazole rings is 1. The van der Waals surface area contributed by atoms with Gasteiger partial charge in [0.05, 0.1) is 29.3 Å². The van der Waals surface area contributed by atoms with E-state index in [0.717, 1.165) is 22.4 Å². The lowest BCUT2D eigenvalue weighted by Gasteiger charge is -2.15. The summed E-state index contributed by atoms with van der Waals surface area (Å²) in [5.41, 5.74) is 1.67. The van der Waals surface area contributed by atoms with Gasteiger partial charge in [-0.2, -0.15) is 5.26 Å². The Bertz CT molecular complexity index is 617. The van der Waals surface area contributed by atoms with Crippen LogP contribution in [0.3, 0.4) is 0 Å². The van der Waals surface area contributed by atoms with Gasteiger partial charge in [0.2, 0.25) is 0 Å². The summed E-state index contributed by atoms with van der Waals surface area (Å²) in [6.07, 6.45) is 3.43. The Hall–Kier alpha value is -1.51. The van der Waals surface area contributed by atoms with E-state index in [4.69, 9.17) is 11.6 Å². The number of benzene rings is 1. The third kappa shape index (κ3) is 3.09. The molecule has 1 heterocycles. The van der Waals surface area contributed by atoms with Crippen LogP contribution in [0, 0.1) is 11.3 Å². The van der Waals surface area contributed by atoms with Crippen LogP contribution in [0.4, 0.5) is 5.69 Å². The summed E-state index contributed by atoms with van der Waals surface area (Å²) in [7, 11) is 0. The van der Waals surface area contributed by atoms with Gasteiger partial charge < -0.3 is 9.88 Å².